The van der Waals surface area contributed by atoms with Crippen molar-refractivity contribution in [1.29, 1.82) is 0 Å². The molecule has 0 aliphatic heterocycles. The predicted molar refractivity (Wildman–Crippen MR) is 104 cm³/mol. The van der Waals surface area contributed by atoms with E-state index in [1.54, 1.807) is 39.0 Å². The highest BCUT2D eigenvalue weighted by Crippen LogP contribution is 2.32. The van der Waals surface area contributed by atoms with E-state index in [2.05, 4.69) is 6.58 Å². The monoisotopic (exact) mass is 393 g/mol. The Morgan fingerprint density at radius 1 is 1.22 bits per heavy atom. The maximum Gasteiger partial charge on any atom is 0.264 e. The molecular formula is C20H24FNO4S. The van der Waals surface area contributed by atoms with Gasteiger partial charge in [0.2, 0.25) is 0 Å². The molecular weight excluding hydrogens is 369 g/mol. The number of aliphatic hydroxyl groups is 1. The third kappa shape index (κ3) is 4.14. The van der Waals surface area contributed by atoms with Gasteiger partial charge in [-0.1, -0.05) is 6.08 Å². The first-order valence-electron chi connectivity index (χ1n) is 8.42. The van der Waals surface area contributed by atoms with Crippen molar-refractivity contribution in [3.05, 3.63) is 66.0 Å². The lowest BCUT2D eigenvalue weighted by atomic mass is 10.1. The molecule has 1 atom stereocenters. The van der Waals surface area contributed by atoms with Crippen LogP contribution in [-0.4, -0.2) is 26.7 Å². The van der Waals surface area contributed by atoms with Gasteiger partial charge in [-0.05, 0) is 62.7 Å². The Kier molecular flexibility index (Phi) is 6.28. The van der Waals surface area contributed by atoms with Crippen LogP contribution in [0.25, 0.3) is 0 Å². The number of rotatable bonds is 7. The van der Waals surface area contributed by atoms with Crippen LogP contribution >= 0.6 is 0 Å². The van der Waals surface area contributed by atoms with Crippen molar-refractivity contribution in [2.45, 2.75) is 37.8 Å². The molecule has 0 aliphatic rings. The van der Waals surface area contributed by atoms with Gasteiger partial charge in [-0.25, -0.2) is 12.8 Å². The minimum Gasteiger partial charge on any atom is -0.497 e. The van der Waals surface area contributed by atoms with Gasteiger partial charge in [0.05, 0.1) is 23.8 Å². The highest BCUT2D eigenvalue weighted by molar-refractivity contribution is 7.92. The number of nitrogens with zero attached hydrogens (tertiary/aromatic N) is 1. The van der Waals surface area contributed by atoms with Gasteiger partial charge >= 0.3 is 0 Å². The molecule has 0 saturated heterocycles. The van der Waals surface area contributed by atoms with E-state index >= 15 is 0 Å². The van der Waals surface area contributed by atoms with E-state index in [0.717, 1.165) is 23.8 Å². The molecule has 0 radical (unpaired) electrons. The standard InChI is InChI=1S/C20H24FNO4S/c1-6-20(23)17-12-16(8-9-18(17)21)27(24,25)22(13(2)3)19-10-7-15(26-5)11-14(19)4/h6-13,20,23H,1H2,2-5H3. The van der Waals surface area contributed by atoms with Crippen molar-refractivity contribution in [2.24, 2.45) is 0 Å². The molecule has 0 heterocycles. The summed E-state index contributed by atoms with van der Waals surface area (Å²) in [5.41, 5.74) is 1.09. The first-order chi connectivity index (χ1) is 12.6. The fourth-order valence-corrected chi connectivity index (χ4v) is 4.60. The third-order valence-electron chi connectivity index (χ3n) is 4.18. The van der Waals surface area contributed by atoms with Gasteiger partial charge in [-0.3, -0.25) is 4.31 Å². The maximum atomic E-state index is 14.0. The maximum absolute atomic E-state index is 14.0. The average molecular weight is 393 g/mol. The van der Waals surface area contributed by atoms with E-state index in [9.17, 15) is 17.9 Å². The minimum atomic E-state index is -4.00. The number of sulfonamides is 1. The Bertz CT molecular complexity index is 941. The average Bonchev–Trinajstić information content (AvgIpc) is 2.62. The number of benzene rings is 2. The number of methoxy groups -OCH3 is 1. The number of anilines is 1. The van der Waals surface area contributed by atoms with Gasteiger partial charge in [0.15, 0.2) is 0 Å². The summed E-state index contributed by atoms with van der Waals surface area (Å²) >= 11 is 0. The van der Waals surface area contributed by atoms with Gasteiger partial charge < -0.3 is 9.84 Å². The molecule has 0 saturated carbocycles. The van der Waals surface area contributed by atoms with Crippen LogP contribution in [0.2, 0.25) is 0 Å². The summed E-state index contributed by atoms with van der Waals surface area (Å²) in [6.45, 7) is 8.72. The van der Waals surface area contributed by atoms with Crippen LogP contribution in [0.15, 0.2) is 53.9 Å². The normalized spacial score (nSPS) is 12.7. The van der Waals surface area contributed by atoms with Crippen LogP contribution in [0.1, 0.15) is 31.1 Å². The van der Waals surface area contributed by atoms with E-state index in [1.165, 1.54) is 17.5 Å². The molecule has 146 valence electrons. The largest absolute Gasteiger partial charge is 0.497 e. The fourth-order valence-electron chi connectivity index (χ4n) is 2.84. The molecule has 5 nitrogen and oxygen atoms in total. The lowest BCUT2D eigenvalue weighted by molar-refractivity contribution is 0.223. The molecule has 2 rings (SSSR count). The van der Waals surface area contributed by atoms with E-state index < -0.39 is 21.9 Å². The molecule has 7 heteroatoms. The Labute approximate surface area is 159 Å². The van der Waals surface area contributed by atoms with Crippen molar-refractivity contribution in [2.75, 3.05) is 11.4 Å². The number of hydrogen-bond acceptors (Lipinski definition) is 4. The fraction of sp³-hybridized carbons (Fsp3) is 0.300. The van der Waals surface area contributed by atoms with Crippen LogP contribution < -0.4 is 9.04 Å². The van der Waals surface area contributed by atoms with Gasteiger partial charge in [-0.2, -0.15) is 0 Å². The molecule has 2 aromatic rings. The van der Waals surface area contributed by atoms with Gasteiger partial charge in [0, 0.05) is 11.6 Å². The van der Waals surface area contributed by atoms with E-state index in [4.69, 9.17) is 4.74 Å². The Hall–Kier alpha value is -2.38. The van der Waals surface area contributed by atoms with E-state index in [-0.39, 0.29) is 16.5 Å². The molecule has 0 bridgehead atoms. The molecule has 0 amide bonds. The van der Waals surface area contributed by atoms with E-state index in [1.807, 2.05) is 0 Å². The first kappa shape index (κ1) is 20.9. The summed E-state index contributed by atoms with van der Waals surface area (Å²) in [6, 6.07) is 8.09. The molecule has 0 aromatic heterocycles. The molecule has 1 unspecified atom stereocenters. The first-order valence-corrected chi connectivity index (χ1v) is 9.86. The number of ether oxygens (including phenoxy) is 1. The van der Waals surface area contributed by atoms with E-state index in [0.29, 0.717) is 11.4 Å². The van der Waals surface area contributed by atoms with Crippen molar-refractivity contribution in [3.8, 4) is 5.75 Å². The summed E-state index contributed by atoms with van der Waals surface area (Å²) in [6.07, 6.45) is -0.154. The van der Waals surface area contributed by atoms with Gasteiger partial charge in [0.25, 0.3) is 10.0 Å². The smallest absolute Gasteiger partial charge is 0.264 e. The van der Waals surface area contributed by atoms with Crippen molar-refractivity contribution in [1.82, 2.24) is 0 Å². The molecule has 0 aliphatic carbocycles. The molecule has 0 spiro atoms. The van der Waals surface area contributed by atoms with Crippen LogP contribution in [-0.2, 0) is 10.0 Å². The zero-order valence-electron chi connectivity index (χ0n) is 15.8. The topological polar surface area (TPSA) is 66.8 Å². The molecule has 27 heavy (non-hydrogen) atoms. The number of aliphatic hydroxyl groups excluding tert-OH is 1. The lowest BCUT2D eigenvalue weighted by Gasteiger charge is -2.30. The van der Waals surface area contributed by atoms with Gasteiger partial charge in [0.1, 0.15) is 11.6 Å². The highest BCUT2D eigenvalue weighted by Gasteiger charge is 2.29. The zero-order valence-corrected chi connectivity index (χ0v) is 16.6. The Morgan fingerprint density at radius 2 is 1.89 bits per heavy atom. The molecule has 1 N–H and O–H groups in total. The highest BCUT2D eigenvalue weighted by atomic mass is 32.2. The SMILES string of the molecule is C=CC(O)c1cc(S(=O)(=O)N(c2ccc(OC)cc2C)C(C)C)ccc1F. The van der Waals surface area contributed by atoms with Crippen molar-refractivity contribution in [3.63, 3.8) is 0 Å². The van der Waals surface area contributed by atoms with Crippen molar-refractivity contribution < 1.29 is 22.7 Å². The molecule has 2 aromatic carbocycles. The predicted octanol–water partition coefficient (Wildman–Crippen LogP) is 3.97. The Balaban J connectivity index is 2.62. The number of aryl methyl sites for hydroxylation is 1. The van der Waals surface area contributed by atoms with Crippen LogP contribution in [0.3, 0.4) is 0 Å². The lowest BCUT2D eigenvalue weighted by Crippen LogP contribution is -2.37. The summed E-state index contributed by atoms with van der Waals surface area (Å²) < 4.78 is 47.1. The van der Waals surface area contributed by atoms with Crippen LogP contribution in [0.5, 0.6) is 5.75 Å². The van der Waals surface area contributed by atoms with Gasteiger partial charge in [-0.15, -0.1) is 6.58 Å². The summed E-state index contributed by atoms with van der Waals surface area (Å²) in [7, 11) is -2.46. The number of halogens is 1. The summed E-state index contributed by atoms with van der Waals surface area (Å²) in [4.78, 5) is -0.108. The Morgan fingerprint density at radius 3 is 2.41 bits per heavy atom. The second kappa shape index (κ2) is 8.10. The van der Waals surface area contributed by atoms with Crippen LogP contribution in [0, 0.1) is 12.7 Å². The van der Waals surface area contributed by atoms with Crippen molar-refractivity contribution >= 4 is 15.7 Å². The van der Waals surface area contributed by atoms with Crippen LogP contribution in [0.4, 0.5) is 10.1 Å². The summed E-state index contributed by atoms with van der Waals surface area (Å²) in [5.74, 6) is -0.0754. The second-order valence-electron chi connectivity index (χ2n) is 6.41. The zero-order chi connectivity index (χ0) is 20.4. The third-order valence-corrected chi connectivity index (χ3v) is 6.16. The second-order valence-corrected chi connectivity index (χ2v) is 8.23. The number of hydrogen-bond donors (Lipinski definition) is 1. The minimum absolute atomic E-state index is 0.108. The summed E-state index contributed by atoms with van der Waals surface area (Å²) in [5, 5.41) is 9.89. The molecule has 0 fully saturated rings. The quantitative estimate of drug-likeness (QED) is 0.723.